The summed E-state index contributed by atoms with van der Waals surface area (Å²) in [5.74, 6) is 2.14. The van der Waals surface area contributed by atoms with E-state index in [0.29, 0.717) is 11.7 Å². The minimum atomic E-state index is -0.703. The van der Waals surface area contributed by atoms with Crippen LogP contribution in [0.5, 0.6) is 5.75 Å². The molecule has 19 heavy (non-hydrogen) atoms. The lowest BCUT2D eigenvalue weighted by molar-refractivity contribution is -0.141. The van der Waals surface area contributed by atoms with E-state index in [0.717, 1.165) is 31.2 Å². The lowest BCUT2D eigenvalue weighted by Gasteiger charge is -2.30. The molecule has 1 N–H and O–H groups in total. The van der Waals surface area contributed by atoms with Gasteiger partial charge in [-0.15, -0.1) is 11.8 Å². The molecule has 1 aromatic carbocycles. The molecule has 3 rings (SSSR count). The smallest absolute Gasteiger partial charge is 0.321 e. The van der Waals surface area contributed by atoms with Gasteiger partial charge < -0.3 is 9.84 Å². The van der Waals surface area contributed by atoms with Gasteiger partial charge in [0, 0.05) is 24.1 Å². The van der Waals surface area contributed by atoms with Crippen LogP contribution in [0.3, 0.4) is 0 Å². The Morgan fingerprint density at radius 3 is 3.16 bits per heavy atom. The number of carbonyl (C=O) groups is 1. The van der Waals surface area contributed by atoms with Gasteiger partial charge in [0.1, 0.15) is 11.8 Å². The van der Waals surface area contributed by atoms with Gasteiger partial charge in [-0.3, -0.25) is 9.69 Å². The molecule has 1 unspecified atom stereocenters. The molecule has 2 atom stereocenters. The summed E-state index contributed by atoms with van der Waals surface area (Å²) < 4.78 is 5.65. The molecular formula is C14H17NO3S. The number of para-hydroxylation sites is 1. The summed E-state index contributed by atoms with van der Waals surface area (Å²) in [6.07, 6.45) is 0.963. The van der Waals surface area contributed by atoms with Gasteiger partial charge in [0.15, 0.2) is 0 Å². The average Bonchev–Trinajstić information content (AvgIpc) is 2.87. The van der Waals surface area contributed by atoms with E-state index in [-0.39, 0.29) is 6.04 Å². The van der Waals surface area contributed by atoms with E-state index >= 15 is 0 Å². The third-order valence-electron chi connectivity index (χ3n) is 3.80. The molecule has 2 aliphatic heterocycles. The molecule has 1 fully saturated rings. The third kappa shape index (κ3) is 2.58. The second-order valence-corrected chi connectivity index (χ2v) is 6.00. The minimum absolute atomic E-state index is 0.333. The number of fused-ring (bicyclic) bond motifs is 1. The largest absolute Gasteiger partial charge is 0.493 e. The summed E-state index contributed by atoms with van der Waals surface area (Å²) >= 11 is 1.70. The Balaban J connectivity index is 1.76. The predicted molar refractivity (Wildman–Crippen MR) is 74.7 cm³/mol. The van der Waals surface area contributed by atoms with E-state index in [1.165, 1.54) is 5.56 Å². The van der Waals surface area contributed by atoms with Crippen molar-refractivity contribution in [1.29, 1.82) is 0 Å². The molecule has 0 aliphatic carbocycles. The van der Waals surface area contributed by atoms with Crippen LogP contribution in [0.15, 0.2) is 24.3 Å². The van der Waals surface area contributed by atoms with Crippen LogP contribution in [0.1, 0.15) is 17.9 Å². The highest BCUT2D eigenvalue weighted by atomic mass is 32.2. The van der Waals surface area contributed by atoms with Gasteiger partial charge in [-0.25, -0.2) is 0 Å². The molecule has 102 valence electrons. The number of nitrogens with zero attached hydrogens (tertiary/aromatic N) is 1. The summed E-state index contributed by atoms with van der Waals surface area (Å²) in [5.41, 5.74) is 1.22. The molecule has 1 saturated heterocycles. The molecule has 0 spiro atoms. The number of hydrogen-bond acceptors (Lipinski definition) is 4. The third-order valence-corrected chi connectivity index (χ3v) is 4.86. The maximum atomic E-state index is 11.2. The second-order valence-electron chi connectivity index (χ2n) is 5.00. The number of benzene rings is 1. The van der Waals surface area contributed by atoms with Crippen LogP contribution in [0.4, 0.5) is 0 Å². The Morgan fingerprint density at radius 2 is 2.32 bits per heavy atom. The van der Waals surface area contributed by atoms with Crippen molar-refractivity contribution < 1.29 is 14.6 Å². The first kappa shape index (κ1) is 12.8. The summed E-state index contributed by atoms with van der Waals surface area (Å²) in [4.78, 5) is 13.3. The van der Waals surface area contributed by atoms with E-state index in [1.54, 1.807) is 11.8 Å². The van der Waals surface area contributed by atoms with Crippen molar-refractivity contribution in [1.82, 2.24) is 4.90 Å². The van der Waals surface area contributed by atoms with E-state index in [1.807, 2.05) is 18.2 Å². The fraction of sp³-hybridized carbons (Fsp3) is 0.500. The van der Waals surface area contributed by atoms with Gasteiger partial charge >= 0.3 is 5.97 Å². The maximum absolute atomic E-state index is 11.2. The highest BCUT2D eigenvalue weighted by Crippen LogP contribution is 2.35. The zero-order valence-corrected chi connectivity index (χ0v) is 11.4. The van der Waals surface area contributed by atoms with Crippen LogP contribution in [0, 0.1) is 0 Å². The first-order valence-corrected chi connectivity index (χ1v) is 7.67. The number of hydrogen-bond donors (Lipinski definition) is 1. The molecular weight excluding hydrogens is 262 g/mol. The zero-order valence-electron chi connectivity index (χ0n) is 10.6. The van der Waals surface area contributed by atoms with Crippen LogP contribution >= 0.6 is 11.8 Å². The van der Waals surface area contributed by atoms with Crippen LogP contribution in [0.25, 0.3) is 0 Å². The molecule has 0 saturated carbocycles. The van der Waals surface area contributed by atoms with Crippen LogP contribution < -0.4 is 4.74 Å². The molecule has 0 bridgehead atoms. The summed E-state index contributed by atoms with van der Waals surface area (Å²) in [6, 6.07) is 7.76. The van der Waals surface area contributed by atoms with Crippen LogP contribution in [0.2, 0.25) is 0 Å². The average molecular weight is 279 g/mol. The molecule has 5 heteroatoms. The number of carboxylic acids is 1. The van der Waals surface area contributed by atoms with E-state index in [4.69, 9.17) is 4.74 Å². The number of ether oxygens (including phenoxy) is 1. The maximum Gasteiger partial charge on any atom is 0.321 e. The lowest BCUT2D eigenvalue weighted by atomic mass is 9.92. The van der Waals surface area contributed by atoms with Gasteiger partial charge in [-0.05, 0) is 18.1 Å². The van der Waals surface area contributed by atoms with Gasteiger partial charge in [-0.2, -0.15) is 0 Å². The van der Waals surface area contributed by atoms with Gasteiger partial charge in [0.25, 0.3) is 0 Å². The fourth-order valence-corrected chi connectivity index (χ4v) is 3.97. The predicted octanol–water partition coefficient (Wildman–Crippen LogP) is 2.01. The van der Waals surface area contributed by atoms with Crippen molar-refractivity contribution >= 4 is 17.7 Å². The second kappa shape index (κ2) is 5.43. The Hall–Kier alpha value is -1.20. The van der Waals surface area contributed by atoms with Crippen molar-refractivity contribution in [3.63, 3.8) is 0 Å². The minimum Gasteiger partial charge on any atom is -0.493 e. The monoisotopic (exact) mass is 279 g/mol. The first-order valence-electron chi connectivity index (χ1n) is 6.52. The van der Waals surface area contributed by atoms with E-state index < -0.39 is 5.97 Å². The Bertz CT molecular complexity index is 480. The number of carboxylic acid groups (broad SMARTS) is 1. The van der Waals surface area contributed by atoms with Gasteiger partial charge in [0.05, 0.1) is 6.61 Å². The van der Waals surface area contributed by atoms with E-state index in [2.05, 4.69) is 11.0 Å². The highest BCUT2D eigenvalue weighted by Gasteiger charge is 2.34. The number of rotatable bonds is 3. The zero-order chi connectivity index (χ0) is 13.2. The summed E-state index contributed by atoms with van der Waals surface area (Å²) in [7, 11) is 0. The molecule has 4 nitrogen and oxygen atoms in total. The molecule has 1 aromatic rings. The van der Waals surface area contributed by atoms with Crippen molar-refractivity contribution in [3.05, 3.63) is 29.8 Å². The molecule has 2 aliphatic rings. The number of aliphatic carboxylic acids is 1. The van der Waals surface area contributed by atoms with Gasteiger partial charge in [-0.1, -0.05) is 18.2 Å². The fourth-order valence-electron chi connectivity index (χ4n) is 2.77. The SMILES string of the molecule is O=C(O)[C@@H]1CSCN1CC1CCOc2ccccc21. The first-order chi connectivity index (χ1) is 9.25. The molecule has 2 heterocycles. The van der Waals surface area contributed by atoms with E-state index in [9.17, 15) is 9.90 Å². The summed E-state index contributed by atoms with van der Waals surface area (Å²) in [6.45, 7) is 1.53. The van der Waals surface area contributed by atoms with Crippen molar-refractivity contribution in [2.75, 3.05) is 24.8 Å². The quantitative estimate of drug-likeness (QED) is 0.917. The van der Waals surface area contributed by atoms with Crippen molar-refractivity contribution in [2.24, 2.45) is 0 Å². The van der Waals surface area contributed by atoms with Crippen molar-refractivity contribution in [3.8, 4) is 5.75 Å². The Labute approximate surface area is 116 Å². The van der Waals surface area contributed by atoms with Crippen LogP contribution in [-0.4, -0.2) is 46.8 Å². The molecule has 0 radical (unpaired) electrons. The highest BCUT2D eigenvalue weighted by molar-refractivity contribution is 7.99. The van der Waals surface area contributed by atoms with Crippen molar-refractivity contribution in [2.45, 2.75) is 18.4 Å². The normalized spacial score (nSPS) is 26.7. The topological polar surface area (TPSA) is 49.8 Å². The lowest BCUT2D eigenvalue weighted by Crippen LogP contribution is -2.40. The Kier molecular flexibility index (Phi) is 3.66. The Morgan fingerprint density at radius 1 is 1.47 bits per heavy atom. The standard InChI is InChI=1S/C14H17NO3S/c16-14(17)12-8-19-9-15(12)7-10-5-6-18-13-4-2-1-3-11(10)13/h1-4,10,12H,5-9H2,(H,16,17)/t10?,12-/m0/s1. The molecule has 0 amide bonds. The van der Waals surface area contributed by atoms with Crippen LogP contribution in [-0.2, 0) is 4.79 Å². The summed E-state index contributed by atoms with van der Waals surface area (Å²) in [5, 5.41) is 9.23. The molecule has 0 aromatic heterocycles. The van der Waals surface area contributed by atoms with Gasteiger partial charge in [0.2, 0.25) is 0 Å². The number of thioether (sulfide) groups is 1.